The van der Waals surface area contributed by atoms with E-state index in [4.69, 9.17) is 9.47 Å². The van der Waals surface area contributed by atoms with Crippen LogP contribution in [-0.2, 0) is 28.7 Å². The fourth-order valence-electron chi connectivity index (χ4n) is 8.54. The summed E-state index contributed by atoms with van der Waals surface area (Å²) in [5.74, 6) is -1.71. The summed E-state index contributed by atoms with van der Waals surface area (Å²) in [7, 11) is 0. The fraction of sp³-hybridized carbons (Fsp3) is 0.724. The van der Waals surface area contributed by atoms with Crippen molar-refractivity contribution in [1.82, 2.24) is 0 Å². The molecule has 7 nitrogen and oxygen atoms in total. The molecule has 36 heavy (non-hydrogen) atoms. The monoisotopic (exact) mass is 500 g/mol. The minimum absolute atomic E-state index is 0.000933. The first-order chi connectivity index (χ1) is 16.8. The summed E-state index contributed by atoms with van der Waals surface area (Å²) in [5, 5.41) is 11.9. The highest BCUT2D eigenvalue weighted by atomic mass is 16.6. The van der Waals surface area contributed by atoms with Gasteiger partial charge in [0.25, 0.3) is 0 Å². The Morgan fingerprint density at radius 1 is 1.17 bits per heavy atom. The van der Waals surface area contributed by atoms with E-state index < -0.39 is 52.3 Å². The molecule has 8 atom stereocenters. The Kier molecular flexibility index (Phi) is 6.64. The molecule has 0 aromatic carbocycles. The molecular weight excluding hydrogens is 460 g/mol. The Balaban J connectivity index is 1.81. The number of fused-ring (bicyclic) bond motifs is 5. The van der Waals surface area contributed by atoms with Gasteiger partial charge in [0.05, 0.1) is 6.10 Å². The lowest BCUT2D eigenvalue weighted by Gasteiger charge is -2.65. The molecular formula is C29H40O7. The van der Waals surface area contributed by atoms with Crippen LogP contribution in [0.3, 0.4) is 0 Å². The third-order valence-corrected chi connectivity index (χ3v) is 10.5. The zero-order valence-corrected chi connectivity index (χ0v) is 22.4. The maximum atomic E-state index is 13.9. The molecule has 0 aromatic heterocycles. The van der Waals surface area contributed by atoms with E-state index in [0.717, 1.165) is 18.4 Å². The van der Waals surface area contributed by atoms with E-state index in [1.165, 1.54) is 6.92 Å². The number of aliphatic hydroxyl groups is 1. The average Bonchev–Trinajstić information content (AvgIpc) is 3.01. The zero-order chi connectivity index (χ0) is 26.7. The Morgan fingerprint density at radius 2 is 1.86 bits per heavy atom. The van der Waals surface area contributed by atoms with E-state index in [2.05, 4.69) is 13.8 Å². The number of carbonyl (C=O) groups excluding carboxylic acids is 4. The smallest absolute Gasteiger partial charge is 0.306 e. The first-order valence-corrected chi connectivity index (χ1v) is 13.3. The van der Waals surface area contributed by atoms with Crippen molar-refractivity contribution in [2.75, 3.05) is 6.61 Å². The molecule has 0 bridgehead atoms. The quantitative estimate of drug-likeness (QED) is 0.547. The predicted octanol–water partition coefficient (Wildman–Crippen LogP) is 4.12. The lowest BCUT2D eigenvalue weighted by Crippen LogP contribution is -2.67. The summed E-state index contributed by atoms with van der Waals surface area (Å²) in [6, 6.07) is 0. The van der Waals surface area contributed by atoms with Gasteiger partial charge < -0.3 is 14.6 Å². The number of allylic oxidation sites excluding steroid dienone is 4. The standard InChI is InChI=1S/C29H40O7/c1-7-8-25(34)36-29(24(33)16-35-18(3)30)17(2)13-22-21-10-9-19-14-20(31)11-12-26(19,4)28(21,6)23(32)15-27(22,29)5/h11-12,14,17,21-23,32H,7-10,13,15-16H2,1-6H3/t17-,21+,22+,23+,26+,27+,28-,29+/m1/s1. The number of aliphatic hydroxyl groups excluding tert-OH is 1. The van der Waals surface area contributed by atoms with Gasteiger partial charge in [-0.1, -0.05) is 46.3 Å². The van der Waals surface area contributed by atoms with Crippen molar-refractivity contribution < 1.29 is 33.8 Å². The highest BCUT2D eigenvalue weighted by Gasteiger charge is 2.75. The van der Waals surface area contributed by atoms with Crippen LogP contribution in [0.5, 0.6) is 0 Å². The van der Waals surface area contributed by atoms with E-state index >= 15 is 0 Å². The SMILES string of the molecule is CCCC(=O)O[C@]1(C(=O)COC(C)=O)[C@H](C)C[C@H]2[C@@H]3CCC4=CC(=O)C=C[C@]4(C)[C@@]3(C)[C@@H](O)C[C@@]21C. The Labute approximate surface area is 213 Å². The van der Waals surface area contributed by atoms with Crippen molar-refractivity contribution in [3.63, 3.8) is 0 Å². The van der Waals surface area contributed by atoms with Crippen molar-refractivity contribution in [1.29, 1.82) is 0 Å². The second-order valence-electron chi connectivity index (χ2n) is 12.1. The minimum atomic E-state index is -1.49. The highest BCUT2D eigenvalue weighted by Crippen LogP contribution is 2.73. The third kappa shape index (κ3) is 3.48. The Hall–Kier alpha value is -2.28. The zero-order valence-electron chi connectivity index (χ0n) is 22.4. The second-order valence-corrected chi connectivity index (χ2v) is 12.1. The van der Waals surface area contributed by atoms with Gasteiger partial charge in [0.15, 0.2) is 18.0 Å². The van der Waals surface area contributed by atoms with Crippen LogP contribution in [0.25, 0.3) is 0 Å². The molecule has 0 aromatic rings. The van der Waals surface area contributed by atoms with Crippen LogP contribution in [0, 0.1) is 34.0 Å². The predicted molar refractivity (Wildman–Crippen MR) is 133 cm³/mol. The van der Waals surface area contributed by atoms with E-state index in [1.807, 2.05) is 26.8 Å². The molecule has 0 saturated heterocycles. The van der Waals surface area contributed by atoms with Gasteiger partial charge >= 0.3 is 11.9 Å². The maximum Gasteiger partial charge on any atom is 0.306 e. The van der Waals surface area contributed by atoms with Crippen molar-refractivity contribution >= 4 is 23.5 Å². The molecule has 0 amide bonds. The van der Waals surface area contributed by atoms with Crippen molar-refractivity contribution in [2.45, 2.75) is 91.8 Å². The van der Waals surface area contributed by atoms with Crippen molar-refractivity contribution in [3.05, 3.63) is 23.8 Å². The molecule has 4 aliphatic rings. The van der Waals surface area contributed by atoms with Crippen LogP contribution in [0.2, 0.25) is 0 Å². The first kappa shape index (κ1) is 26.8. The molecule has 4 aliphatic carbocycles. The molecule has 1 N–H and O–H groups in total. The van der Waals surface area contributed by atoms with Gasteiger partial charge in [-0.2, -0.15) is 0 Å². The van der Waals surface area contributed by atoms with Gasteiger partial charge in [0, 0.05) is 35.5 Å². The maximum absolute atomic E-state index is 13.9. The molecule has 3 saturated carbocycles. The van der Waals surface area contributed by atoms with Gasteiger partial charge in [-0.25, -0.2) is 0 Å². The number of esters is 2. The number of hydrogen-bond donors (Lipinski definition) is 1. The van der Waals surface area contributed by atoms with Crippen LogP contribution < -0.4 is 0 Å². The number of carbonyl (C=O) groups is 4. The van der Waals surface area contributed by atoms with Crippen LogP contribution >= 0.6 is 0 Å². The summed E-state index contributed by atoms with van der Waals surface area (Å²) in [6.45, 7) is 10.8. The van der Waals surface area contributed by atoms with Gasteiger partial charge in [-0.05, 0) is 56.1 Å². The molecule has 4 rings (SSSR count). The minimum Gasteiger partial charge on any atom is -0.458 e. The van der Waals surface area contributed by atoms with Crippen LogP contribution in [0.1, 0.15) is 80.1 Å². The van der Waals surface area contributed by atoms with Gasteiger partial charge in [-0.3, -0.25) is 19.2 Å². The summed E-state index contributed by atoms with van der Waals surface area (Å²) in [4.78, 5) is 50.5. The molecule has 0 aliphatic heterocycles. The van der Waals surface area contributed by atoms with Crippen LogP contribution in [0.4, 0.5) is 0 Å². The van der Waals surface area contributed by atoms with E-state index in [-0.39, 0.29) is 36.4 Å². The van der Waals surface area contributed by atoms with E-state index in [1.54, 1.807) is 12.2 Å². The number of Topliss-reactive ketones (excluding diaryl/α,β-unsaturated/α-hetero) is 1. The highest BCUT2D eigenvalue weighted by molar-refractivity contribution is 6.01. The molecule has 3 fully saturated rings. The van der Waals surface area contributed by atoms with Gasteiger partial charge in [0.1, 0.15) is 0 Å². The average molecular weight is 501 g/mol. The summed E-state index contributed by atoms with van der Waals surface area (Å²) < 4.78 is 11.3. The molecule has 0 spiro atoms. The Bertz CT molecular complexity index is 1040. The van der Waals surface area contributed by atoms with Crippen molar-refractivity contribution in [3.8, 4) is 0 Å². The molecule has 0 unspecified atom stereocenters. The number of ketones is 2. The number of hydrogen-bond acceptors (Lipinski definition) is 7. The van der Waals surface area contributed by atoms with E-state index in [0.29, 0.717) is 12.8 Å². The summed E-state index contributed by atoms with van der Waals surface area (Å²) in [5.41, 5.74) is -2.31. The topological polar surface area (TPSA) is 107 Å². The summed E-state index contributed by atoms with van der Waals surface area (Å²) in [6.07, 6.45) is 7.71. The third-order valence-electron chi connectivity index (χ3n) is 10.5. The molecule has 0 heterocycles. The number of rotatable bonds is 6. The lowest BCUT2D eigenvalue weighted by atomic mass is 9.39. The summed E-state index contributed by atoms with van der Waals surface area (Å²) >= 11 is 0. The van der Waals surface area contributed by atoms with Crippen LogP contribution in [0.15, 0.2) is 23.8 Å². The molecule has 198 valence electrons. The largest absolute Gasteiger partial charge is 0.458 e. The Morgan fingerprint density at radius 3 is 2.50 bits per heavy atom. The van der Waals surface area contributed by atoms with Crippen molar-refractivity contribution in [2.24, 2.45) is 34.0 Å². The molecule has 0 radical (unpaired) electrons. The number of ether oxygens (including phenoxy) is 2. The van der Waals surface area contributed by atoms with E-state index in [9.17, 15) is 24.3 Å². The van der Waals surface area contributed by atoms with Crippen LogP contribution in [-0.4, -0.2) is 46.9 Å². The van der Waals surface area contributed by atoms with Gasteiger partial charge in [0.2, 0.25) is 5.78 Å². The molecule has 7 heteroatoms. The normalized spacial score (nSPS) is 43.1. The fourth-order valence-corrected chi connectivity index (χ4v) is 8.54. The van der Waals surface area contributed by atoms with Gasteiger partial charge in [-0.15, -0.1) is 0 Å². The lowest BCUT2D eigenvalue weighted by molar-refractivity contribution is -0.221. The second kappa shape index (κ2) is 8.93. The first-order valence-electron chi connectivity index (χ1n) is 13.3.